The van der Waals surface area contributed by atoms with Crippen LogP contribution in [0.15, 0.2) is 194 Å². The number of hydrogen-bond donors (Lipinski definition) is 3. The number of piperidine rings is 2. The number of ether oxygens (including phenoxy) is 2. The van der Waals surface area contributed by atoms with E-state index in [2.05, 4.69) is 161 Å². The molecule has 87 heavy (non-hydrogen) atoms. The minimum Gasteiger partial charge on any atom is -0.550 e. The number of nitrogens with zero attached hydrogens (tertiary/aromatic N) is 7. The molecule has 12 rings (SSSR count). The van der Waals surface area contributed by atoms with Crippen molar-refractivity contribution in [1.82, 2.24) is 39.8 Å². The molecule has 2 atom stereocenters. The Morgan fingerprint density at radius 1 is 0.483 bits per heavy atom. The Morgan fingerprint density at radius 3 is 1.25 bits per heavy atom. The van der Waals surface area contributed by atoms with Crippen LogP contribution in [-0.2, 0) is 9.59 Å². The van der Waals surface area contributed by atoms with E-state index in [-0.39, 0.29) is 57.4 Å². The molecule has 6 heterocycles. The van der Waals surface area contributed by atoms with Gasteiger partial charge in [-0.2, -0.15) is 0 Å². The van der Waals surface area contributed by atoms with Crippen molar-refractivity contribution in [1.29, 1.82) is 0 Å². The fourth-order valence-electron chi connectivity index (χ4n) is 12.4. The van der Waals surface area contributed by atoms with Crippen LogP contribution < -0.4 is 38.8 Å². The van der Waals surface area contributed by atoms with Gasteiger partial charge in [-0.3, -0.25) is 24.6 Å². The van der Waals surface area contributed by atoms with Crippen LogP contribution >= 0.6 is 0 Å². The average Bonchev–Trinajstić information content (AvgIpc) is 3.74. The van der Waals surface area contributed by atoms with Crippen LogP contribution in [0.4, 0.5) is 0 Å². The second-order valence-electron chi connectivity index (χ2n) is 22.6. The van der Waals surface area contributed by atoms with Gasteiger partial charge in [-0.15, -0.1) is 0 Å². The number of aliphatic hydroxyl groups is 2. The number of likely N-dealkylation sites (tertiary alicyclic amines) is 2. The third-order valence-corrected chi connectivity index (χ3v) is 16.8. The molecule has 4 aliphatic rings. The maximum Gasteiger partial charge on any atom is 1.00 e. The minimum absolute atomic E-state index is 0. The zero-order valence-corrected chi connectivity index (χ0v) is 49.6. The number of amides is 1. The summed E-state index contributed by atoms with van der Waals surface area (Å²) in [5, 5.41) is 37.0. The minimum atomic E-state index is -0.969. The summed E-state index contributed by atoms with van der Waals surface area (Å²) in [4.78, 5) is 44.5. The maximum atomic E-state index is 13.5. The van der Waals surface area contributed by atoms with E-state index in [9.17, 15) is 24.9 Å². The number of aliphatic hydroxyl groups excluding tert-OH is 2. The van der Waals surface area contributed by atoms with E-state index >= 15 is 0 Å². The van der Waals surface area contributed by atoms with Gasteiger partial charge in [0.25, 0.3) is 0 Å². The van der Waals surface area contributed by atoms with Crippen molar-refractivity contribution in [3.05, 3.63) is 217 Å². The van der Waals surface area contributed by atoms with Gasteiger partial charge in [-0.25, -0.2) is 0 Å². The van der Waals surface area contributed by atoms with Crippen LogP contribution in [0.1, 0.15) is 67.4 Å². The van der Waals surface area contributed by atoms with Crippen molar-refractivity contribution in [2.24, 2.45) is 11.8 Å². The Morgan fingerprint density at radius 2 is 0.862 bits per heavy atom. The van der Waals surface area contributed by atoms with Gasteiger partial charge in [-0.1, -0.05) is 141 Å². The number of piperazine rings is 2. The molecule has 16 heteroatoms. The number of aromatic nitrogens is 2. The standard InChI is InChI=1S/C35H40N4O3.C18H22N2O4.C17H20N2.CH4.Li/c40-30(26-42-33-15-7-14-32-31(33)13-8-18-36-32)25-37-19-16-29(17-20-37)35(41)39-23-21-38(22-24-39)34(27-9-3-1-4-10-27)28-11-5-2-6-12-28;21-14(11-20-9-6-13(7-10-20)18(22)23)12-24-17-5-1-4-16-15(17)3-2-8-19-16;1-3-7-15(8-4-1)17(16-9-5-2-6-10-16)19-13-11-18-12-14-19;;/h1-15,18,29-30,34,40H,16-17,19-26H2;1-5,8,13-14,21H,6-7,9-12H2,(H,22,23);1-10,17-18H,11-14H2;1H4;/q;;;;+1/p-1/t30-;14-;;;/m11.../s1. The first-order chi connectivity index (χ1) is 41.7. The molecule has 2 aromatic heterocycles. The molecular formula is C71H85LiN8O7. The van der Waals surface area contributed by atoms with E-state index < -0.39 is 18.2 Å². The largest absolute Gasteiger partial charge is 1.00 e. The number of carboxylic acids is 1. The number of fused-ring (bicyclic) bond motifs is 2. The molecule has 0 radical (unpaired) electrons. The van der Waals surface area contributed by atoms with Crippen LogP contribution in [0.5, 0.6) is 11.5 Å². The molecule has 3 N–H and O–H groups in total. The van der Waals surface area contributed by atoms with Gasteiger partial charge >= 0.3 is 18.9 Å². The fourth-order valence-corrected chi connectivity index (χ4v) is 12.4. The van der Waals surface area contributed by atoms with Crippen molar-refractivity contribution in [3.8, 4) is 11.5 Å². The summed E-state index contributed by atoms with van der Waals surface area (Å²) >= 11 is 0. The molecule has 15 nitrogen and oxygen atoms in total. The van der Waals surface area contributed by atoms with Crippen molar-refractivity contribution in [3.63, 3.8) is 0 Å². The molecule has 0 spiro atoms. The molecule has 0 unspecified atom stereocenters. The second-order valence-corrected chi connectivity index (χ2v) is 22.6. The number of rotatable bonds is 18. The number of carboxylic acid groups (broad SMARTS) is 1. The van der Waals surface area contributed by atoms with Gasteiger partial charge in [0.15, 0.2) is 0 Å². The third-order valence-electron chi connectivity index (χ3n) is 16.8. The molecule has 8 aromatic rings. The second kappa shape index (κ2) is 33.9. The Kier molecular flexibility index (Phi) is 25.7. The van der Waals surface area contributed by atoms with Gasteiger partial charge < -0.3 is 49.6 Å². The zero-order chi connectivity index (χ0) is 58.6. The van der Waals surface area contributed by atoms with Crippen molar-refractivity contribution >= 4 is 33.7 Å². The van der Waals surface area contributed by atoms with Crippen molar-refractivity contribution in [2.75, 3.05) is 105 Å². The quantitative estimate of drug-likeness (QED) is 0.0937. The molecule has 1 amide bonds. The summed E-state index contributed by atoms with van der Waals surface area (Å²) < 4.78 is 11.7. The molecular weight excluding hydrogens is 1080 g/mol. The monoisotopic (exact) mass is 1170 g/mol. The van der Waals surface area contributed by atoms with Crippen LogP contribution in [0.2, 0.25) is 0 Å². The molecule has 0 aliphatic carbocycles. The number of aliphatic carboxylic acids is 1. The number of carbonyl (C=O) groups excluding carboxylic acids is 2. The Labute approximate surface area is 526 Å². The van der Waals surface area contributed by atoms with E-state index in [4.69, 9.17) is 9.47 Å². The van der Waals surface area contributed by atoms with Gasteiger partial charge in [-0.05, 0) is 123 Å². The predicted octanol–water partition coefficient (Wildman–Crippen LogP) is 5.38. The summed E-state index contributed by atoms with van der Waals surface area (Å²) in [6, 6.07) is 62.7. The molecule has 0 saturated carbocycles. The summed E-state index contributed by atoms with van der Waals surface area (Å²) in [5.74, 6) is 0.460. The molecule has 0 bridgehead atoms. The smallest absolute Gasteiger partial charge is 0.550 e. The number of benzene rings is 6. The maximum absolute atomic E-state index is 13.5. The number of pyridine rings is 2. The summed E-state index contributed by atoms with van der Waals surface area (Å²) in [6.45, 7) is 12.0. The van der Waals surface area contributed by atoms with Crippen LogP contribution in [0.25, 0.3) is 21.8 Å². The van der Waals surface area contributed by atoms with E-state index in [1.807, 2.05) is 60.7 Å². The summed E-state index contributed by atoms with van der Waals surface area (Å²) in [7, 11) is 0. The summed E-state index contributed by atoms with van der Waals surface area (Å²) in [5.41, 5.74) is 7.08. The van der Waals surface area contributed by atoms with E-state index in [1.54, 1.807) is 12.4 Å². The Hall–Kier alpha value is -7.00. The van der Waals surface area contributed by atoms with E-state index in [0.29, 0.717) is 56.7 Å². The van der Waals surface area contributed by atoms with Gasteiger partial charge in [0, 0.05) is 106 Å². The van der Waals surface area contributed by atoms with Crippen LogP contribution in [-0.4, -0.2) is 174 Å². The first kappa shape index (κ1) is 66.0. The number of nitrogens with one attached hydrogen (secondary N) is 1. The topological polar surface area (TPSA) is 170 Å². The SMILES string of the molecule is C.O=C(C1CCN(C[C@@H](O)COc2cccc3ncccc23)CC1)N1CCN(C(c2ccccc2)c2ccccc2)CC1.O=C([O-])C1CCN(C[C@@H](O)COc2cccc3ncccc23)CC1.[Li+].c1ccc(C(c2ccccc2)N2CCNCC2)cc1. The Balaban J connectivity index is 0.000000184. The van der Waals surface area contributed by atoms with Crippen LogP contribution in [0.3, 0.4) is 0 Å². The third kappa shape index (κ3) is 18.5. The van der Waals surface area contributed by atoms with Gasteiger partial charge in [0.2, 0.25) is 5.91 Å². The summed E-state index contributed by atoms with van der Waals surface area (Å²) in [6.07, 6.45) is 5.09. The molecule has 6 aromatic carbocycles. The van der Waals surface area contributed by atoms with Gasteiger partial charge in [0.05, 0.1) is 23.1 Å². The zero-order valence-electron chi connectivity index (χ0n) is 49.6. The van der Waals surface area contributed by atoms with E-state index in [0.717, 1.165) is 106 Å². The molecule has 4 aliphatic heterocycles. The van der Waals surface area contributed by atoms with E-state index in [1.165, 1.54) is 22.3 Å². The van der Waals surface area contributed by atoms with Gasteiger partial charge in [0.1, 0.15) is 36.9 Å². The fraction of sp³-hybridized carbons (Fsp3) is 0.380. The molecule has 4 fully saturated rings. The number of carbonyl (C=O) groups is 2. The Bertz CT molecular complexity index is 3200. The molecule has 4 saturated heterocycles. The predicted molar refractivity (Wildman–Crippen MR) is 339 cm³/mol. The first-order valence-electron chi connectivity index (χ1n) is 30.4. The normalized spacial score (nSPS) is 17.2. The first-order valence-corrected chi connectivity index (χ1v) is 30.4. The van der Waals surface area contributed by atoms with Crippen molar-refractivity contribution in [2.45, 2.75) is 57.4 Å². The number of β-amino-alcohol motifs (C(OH)–C–C–N with tert-alkyl or cyclic N) is 2. The molecule has 452 valence electrons. The number of hydrogen-bond acceptors (Lipinski definition) is 14. The van der Waals surface area contributed by atoms with Crippen LogP contribution in [0, 0.1) is 11.8 Å². The van der Waals surface area contributed by atoms with Crippen molar-refractivity contribution < 1.29 is 53.2 Å². The average molecular weight is 1170 g/mol.